The molecule has 1 saturated heterocycles. The maximum absolute atomic E-state index is 10.6. The van der Waals surface area contributed by atoms with Crippen LogP contribution in [0.15, 0.2) is 36.7 Å². The Morgan fingerprint density at radius 2 is 1.92 bits per heavy atom. The second kappa shape index (κ2) is 10.4. The van der Waals surface area contributed by atoms with E-state index in [2.05, 4.69) is 34.3 Å². The lowest BCUT2D eigenvalue weighted by molar-refractivity contribution is 0.0247. The van der Waals surface area contributed by atoms with Gasteiger partial charge >= 0.3 is 0 Å². The van der Waals surface area contributed by atoms with Crippen LogP contribution in [-0.2, 0) is 12.1 Å². The summed E-state index contributed by atoms with van der Waals surface area (Å²) in [5.74, 6) is 1.33. The van der Waals surface area contributed by atoms with Gasteiger partial charge in [-0.25, -0.2) is 4.68 Å². The van der Waals surface area contributed by atoms with Gasteiger partial charge in [0.25, 0.3) is 0 Å². The average molecular weight is 554 g/mol. The lowest BCUT2D eigenvalue weighted by atomic mass is 9.92. The highest BCUT2D eigenvalue weighted by Gasteiger charge is 2.32. The van der Waals surface area contributed by atoms with Gasteiger partial charge in [0.15, 0.2) is 5.65 Å². The number of benzene rings is 1. The zero-order valence-electron chi connectivity index (χ0n) is 22.8. The second-order valence-electron chi connectivity index (χ2n) is 11.0. The van der Waals surface area contributed by atoms with Crippen molar-refractivity contribution in [3.8, 4) is 5.69 Å². The van der Waals surface area contributed by atoms with Crippen molar-refractivity contribution in [3.63, 3.8) is 0 Å². The normalized spacial score (nSPS) is 15.9. The van der Waals surface area contributed by atoms with Gasteiger partial charge in [-0.15, -0.1) is 0 Å². The Morgan fingerprint density at radius 3 is 2.56 bits per heavy atom. The summed E-state index contributed by atoms with van der Waals surface area (Å²) < 4.78 is 3.43. The maximum atomic E-state index is 10.6. The molecule has 0 amide bonds. The zero-order valence-corrected chi connectivity index (χ0v) is 23.5. The summed E-state index contributed by atoms with van der Waals surface area (Å²) in [5.41, 5.74) is 7.80. The molecular formula is C27H36ClN9O2. The van der Waals surface area contributed by atoms with Crippen molar-refractivity contribution in [2.75, 3.05) is 29.9 Å². The minimum Gasteiger partial charge on any atom is -0.388 e. The molecule has 39 heavy (non-hydrogen) atoms. The first-order valence-corrected chi connectivity index (χ1v) is 13.6. The Morgan fingerprint density at radius 1 is 1.18 bits per heavy atom. The van der Waals surface area contributed by atoms with Crippen LogP contribution in [0.5, 0.6) is 0 Å². The Labute approximate surface area is 232 Å². The number of nitrogens with zero attached hydrogens (tertiary/aromatic N) is 7. The molecule has 3 aromatic heterocycles. The number of halogens is 1. The third-order valence-corrected chi connectivity index (χ3v) is 7.70. The fraction of sp³-hybridized carbons (Fsp3) is 0.481. The summed E-state index contributed by atoms with van der Waals surface area (Å²) >= 11 is 6.67. The first-order valence-electron chi connectivity index (χ1n) is 13.2. The molecule has 0 atom stereocenters. The fourth-order valence-electron chi connectivity index (χ4n) is 4.76. The number of piperidine rings is 1. The molecule has 0 spiro atoms. The van der Waals surface area contributed by atoms with E-state index < -0.39 is 11.2 Å². The molecular weight excluding hydrogens is 518 g/mol. The van der Waals surface area contributed by atoms with Gasteiger partial charge in [0.05, 0.1) is 23.2 Å². The molecule has 5 N–H and O–H groups in total. The molecule has 0 unspecified atom stereocenters. The van der Waals surface area contributed by atoms with Gasteiger partial charge in [-0.3, -0.25) is 0 Å². The van der Waals surface area contributed by atoms with Crippen LogP contribution in [0.4, 0.5) is 11.9 Å². The van der Waals surface area contributed by atoms with Gasteiger partial charge in [-0.05, 0) is 50.8 Å². The van der Waals surface area contributed by atoms with E-state index in [0.717, 1.165) is 22.5 Å². The number of hydrogen-bond donors (Lipinski definition) is 4. The standard InChI is InChI=1S/C27H36ClN9O2/c1-17(2)18-15-31-37-23(18)32-25(35-12-9-27(39,16-29)10-13-35)33-24(37)30-14-19-20(28)6-5-7-21(19)36-11-8-22(34-36)26(3,4)38/h5-8,11,15,17,38-39H,9-10,12-14,16,29H2,1-4H3,(H,30,32,33). The highest BCUT2D eigenvalue weighted by molar-refractivity contribution is 6.31. The smallest absolute Gasteiger partial charge is 0.230 e. The van der Waals surface area contributed by atoms with Gasteiger partial charge < -0.3 is 26.2 Å². The van der Waals surface area contributed by atoms with Crippen molar-refractivity contribution in [1.29, 1.82) is 0 Å². The molecule has 4 aromatic rings. The van der Waals surface area contributed by atoms with E-state index in [4.69, 9.17) is 27.3 Å². The average Bonchev–Trinajstić information content (AvgIpc) is 3.56. The first-order chi connectivity index (χ1) is 18.5. The molecule has 12 heteroatoms. The van der Waals surface area contributed by atoms with Crippen LogP contribution in [0.3, 0.4) is 0 Å². The fourth-order valence-corrected chi connectivity index (χ4v) is 5.00. The van der Waals surface area contributed by atoms with E-state index in [1.54, 1.807) is 29.1 Å². The third-order valence-electron chi connectivity index (χ3n) is 7.34. The maximum Gasteiger partial charge on any atom is 0.230 e. The van der Waals surface area contributed by atoms with Crippen LogP contribution in [-0.4, -0.2) is 64.8 Å². The molecule has 208 valence electrons. The van der Waals surface area contributed by atoms with Crippen LogP contribution in [0.25, 0.3) is 11.3 Å². The van der Waals surface area contributed by atoms with E-state index in [-0.39, 0.29) is 12.5 Å². The largest absolute Gasteiger partial charge is 0.388 e. The highest BCUT2D eigenvalue weighted by Crippen LogP contribution is 2.29. The van der Waals surface area contributed by atoms with Crippen molar-refractivity contribution < 1.29 is 10.2 Å². The molecule has 0 bridgehead atoms. The van der Waals surface area contributed by atoms with E-state index in [9.17, 15) is 10.2 Å². The van der Waals surface area contributed by atoms with Crippen LogP contribution in [0, 0.1) is 0 Å². The summed E-state index contributed by atoms with van der Waals surface area (Å²) in [6.45, 7) is 9.41. The van der Waals surface area contributed by atoms with Gasteiger partial charge in [0.1, 0.15) is 5.60 Å². The number of nitrogens with two attached hydrogens (primary N) is 1. The SMILES string of the molecule is CC(C)c1cnn2c(NCc3c(Cl)cccc3-n3ccc(C(C)(C)O)n3)nc(N3CCC(O)(CN)CC3)nc12. The van der Waals surface area contributed by atoms with Gasteiger partial charge in [0.2, 0.25) is 11.9 Å². The van der Waals surface area contributed by atoms with Crippen LogP contribution >= 0.6 is 11.6 Å². The molecule has 0 radical (unpaired) electrons. The first kappa shape index (κ1) is 27.3. The molecule has 11 nitrogen and oxygen atoms in total. The molecule has 1 aliphatic heterocycles. The molecule has 1 aliphatic rings. The van der Waals surface area contributed by atoms with E-state index in [0.29, 0.717) is 55.1 Å². The topological polar surface area (TPSA) is 143 Å². The van der Waals surface area contributed by atoms with Crippen molar-refractivity contribution in [2.24, 2.45) is 5.73 Å². The van der Waals surface area contributed by atoms with Crippen molar-refractivity contribution in [2.45, 2.75) is 64.2 Å². The molecule has 0 saturated carbocycles. The quantitative estimate of drug-likeness (QED) is 0.258. The molecule has 4 heterocycles. The van der Waals surface area contributed by atoms with E-state index in [1.807, 2.05) is 30.6 Å². The number of hydrogen-bond acceptors (Lipinski definition) is 9. The summed E-state index contributed by atoms with van der Waals surface area (Å²) in [6, 6.07) is 7.43. The molecule has 5 rings (SSSR count). The zero-order chi connectivity index (χ0) is 27.9. The lowest BCUT2D eigenvalue weighted by Gasteiger charge is -2.37. The number of nitrogens with one attached hydrogen (secondary N) is 1. The summed E-state index contributed by atoms with van der Waals surface area (Å²) in [5, 5.41) is 34.2. The lowest BCUT2D eigenvalue weighted by Crippen LogP contribution is -2.49. The Hall–Kier alpha value is -3.25. The van der Waals surface area contributed by atoms with E-state index in [1.165, 1.54) is 0 Å². The van der Waals surface area contributed by atoms with Crippen LogP contribution in [0.2, 0.25) is 5.02 Å². The minimum atomic E-state index is -1.06. The molecule has 1 fully saturated rings. The monoisotopic (exact) mass is 553 g/mol. The Bertz CT molecular complexity index is 1470. The third kappa shape index (κ3) is 5.44. The second-order valence-corrected chi connectivity index (χ2v) is 11.5. The summed E-state index contributed by atoms with van der Waals surface area (Å²) in [7, 11) is 0. The summed E-state index contributed by atoms with van der Waals surface area (Å²) in [6.07, 6.45) is 4.74. The highest BCUT2D eigenvalue weighted by atomic mass is 35.5. The predicted octanol–water partition coefficient (Wildman–Crippen LogP) is 3.22. The van der Waals surface area contributed by atoms with E-state index >= 15 is 0 Å². The Kier molecular flexibility index (Phi) is 7.27. The molecule has 0 aliphatic carbocycles. The number of fused-ring (bicyclic) bond motifs is 1. The number of aliphatic hydroxyl groups is 2. The van der Waals surface area contributed by atoms with Crippen molar-refractivity contribution in [3.05, 3.63) is 58.5 Å². The van der Waals surface area contributed by atoms with Gasteiger partial charge in [-0.2, -0.15) is 24.7 Å². The van der Waals surface area contributed by atoms with Gasteiger partial charge in [-0.1, -0.05) is 31.5 Å². The molecule has 1 aromatic carbocycles. The summed E-state index contributed by atoms with van der Waals surface area (Å²) in [4.78, 5) is 11.8. The Balaban J connectivity index is 1.49. The predicted molar refractivity (Wildman–Crippen MR) is 151 cm³/mol. The van der Waals surface area contributed by atoms with Crippen molar-refractivity contribution in [1.82, 2.24) is 29.4 Å². The number of aromatic nitrogens is 6. The van der Waals surface area contributed by atoms with Crippen molar-refractivity contribution >= 4 is 29.1 Å². The number of anilines is 2. The number of rotatable bonds is 8. The van der Waals surface area contributed by atoms with Gasteiger partial charge in [0, 0.05) is 48.5 Å². The minimum absolute atomic E-state index is 0.224. The van der Waals surface area contributed by atoms with Crippen LogP contribution in [0.1, 0.15) is 63.3 Å². The van der Waals surface area contributed by atoms with Crippen LogP contribution < -0.4 is 16.0 Å².